The number of allylic oxidation sites excluding steroid dienone is 1. The van der Waals surface area contributed by atoms with Gasteiger partial charge in [-0.1, -0.05) is 23.8 Å². The standard InChI is InChI=1S/C18H21ClO6/c1-9-6-15-14(25-15)5-3-2-4-10(20)7-11-16(18(23)24-9)12(21)8-13(22)17(11)19/h2,4,8-10,14-15,20-22H,3,5-7H2,1H3/b4-2+/t9-,10+,14-,15-/m1/s1. The number of aromatic hydroxyl groups is 2. The molecule has 0 aliphatic carbocycles. The first-order valence-electron chi connectivity index (χ1n) is 8.31. The van der Waals surface area contributed by atoms with Gasteiger partial charge in [0, 0.05) is 18.9 Å². The fraction of sp³-hybridized carbons (Fsp3) is 0.500. The summed E-state index contributed by atoms with van der Waals surface area (Å²) in [5.74, 6) is -1.53. The van der Waals surface area contributed by atoms with E-state index in [1.54, 1.807) is 13.0 Å². The summed E-state index contributed by atoms with van der Waals surface area (Å²) in [6.07, 6.45) is 4.51. The molecule has 2 heterocycles. The Labute approximate surface area is 150 Å². The molecule has 0 spiro atoms. The number of carbonyl (C=O) groups excluding carboxylic acids is 1. The first-order chi connectivity index (χ1) is 11.9. The molecule has 2 aliphatic rings. The topological polar surface area (TPSA) is 99.5 Å². The van der Waals surface area contributed by atoms with Crippen molar-refractivity contribution in [1.29, 1.82) is 0 Å². The van der Waals surface area contributed by atoms with Crippen LogP contribution in [0.1, 0.15) is 42.1 Å². The van der Waals surface area contributed by atoms with Gasteiger partial charge in [-0.25, -0.2) is 4.79 Å². The molecule has 0 aromatic heterocycles. The van der Waals surface area contributed by atoms with Crippen LogP contribution in [0, 0.1) is 0 Å². The van der Waals surface area contributed by atoms with Gasteiger partial charge in [0.25, 0.3) is 0 Å². The number of fused-ring (bicyclic) bond motifs is 2. The van der Waals surface area contributed by atoms with E-state index in [-0.39, 0.29) is 40.5 Å². The number of halogens is 1. The van der Waals surface area contributed by atoms with E-state index in [4.69, 9.17) is 21.1 Å². The van der Waals surface area contributed by atoms with Crippen LogP contribution in [0.3, 0.4) is 0 Å². The van der Waals surface area contributed by atoms with Crippen molar-refractivity contribution in [3.8, 4) is 11.5 Å². The summed E-state index contributed by atoms with van der Waals surface area (Å²) < 4.78 is 11.0. The van der Waals surface area contributed by atoms with Crippen LogP contribution in [0.5, 0.6) is 11.5 Å². The van der Waals surface area contributed by atoms with Crippen LogP contribution in [-0.4, -0.2) is 45.7 Å². The number of cyclic esters (lactones) is 1. The van der Waals surface area contributed by atoms with Gasteiger partial charge in [0.05, 0.1) is 23.3 Å². The van der Waals surface area contributed by atoms with Gasteiger partial charge in [0.1, 0.15) is 23.2 Å². The van der Waals surface area contributed by atoms with Gasteiger partial charge in [0.2, 0.25) is 0 Å². The highest BCUT2D eigenvalue weighted by atomic mass is 35.5. The molecule has 3 rings (SSSR count). The van der Waals surface area contributed by atoms with Crippen LogP contribution in [0.25, 0.3) is 0 Å². The smallest absolute Gasteiger partial charge is 0.342 e. The van der Waals surface area contributed by atoms with E-state index in [0.29, 0.717) is 6.42 Å². The Morgan fingerprint density at radius 3 is 2.76 bits per heavy atom. The fourth-order valence-electron chi connectivity index (χ4n) is 3.15. The number of hydrogen-bond acceptors (Lipinski definition) is 6. The molecule has 7 heteroatoms. The van der Waals surface area contributed by atoms with Gasteiger partial charge in [-0.3, -0.25) is 0 Å². The highest BCUT2D eigenvalue weighted by Crippen LogP contribution is 2.38. The van der Waals surface area contributed by atoms with E-state index in [1.807, 2.05) is 6.08 Å². The third-order valence-electron chi connectivity index (χ3n) is 4.47. The largest absolute Gasteiger partial charge is 0.507 e. The molecule has 4 atom stereocenters. The molecule has 6 nitrogen and oxygen atoms in total. The van der Waals surface area contributed by atoms with Crippen molar-refractivity contribution in [3.05, 3.63) is 34.4 Å². The number of phenols is 2. The number of epoxide rings is 1. The van der Waals surface area contributed by atoms with Crippen molar-refractivity contribution in [2.45, 2.75) is 57.0 Å². The second kappa shape index (κ2) is 7.23. The second-order valence-corrected chi connectivity index (χ2v) is 6.90. The number of carbonyl (C=O) groups is 1. The molecule has 0 radical (unpaired) electrons. The lowest BCUT2D eigenvalue weighted by Crippen LogP contribution is -2.20. The summed E-state index contributed by atoms with van der Waals surface area (Å²) in [7, 11) is 0. The van der Waals surface area contributed by atoms with Gasteiger partial charge in [-0.15, -0.1) is 0 Å². The van der Waals surface area contributed by atoms with Gasteiger partial charge in [0.15, 0.2) is 0 Å². The monoisotopic (exact) mass is 368 g/mol. The molecular formula is C18H21ClO6. The SMILES string of the molecule is C[C@@H]1C[C@H]2O[C@@H]2CC/C=C/[C@H](O)Cc2c(Cl)c(O)cc(O)c2C(=O)O1. The van der Waals surface area contributed by atoms with Gasteiger partial charge in [-0.2, -0.15) is 0 Å². The first kappa shape index (κ1) is 18.0. The summed E-state index contributed by atoms with van der Waals surface area (Å²) in [5.41, 5.74) is 0.0264. The van der Waals surface area contributed by atoms with Crippen molar-refractivity contribution in [3.63, 3.8) is 0 Å². The molecule has 1 aromatic carbocycles. The maximum Gasteiger partial charge on any atom is 0.342 e. The molecule has 2 aliphatic heterocycles. The minimum absolute atomic E-state index is 0.0291. The zero-order chi connectivity index (χ0) is 18.1. The number of rotatable bonds is 0. The van der Waals surface area contributed by atoms with Crippen LogP contribution in [0.15, 0.2) is 18.2 Å². The van der Waals surface area contributed by atoms with Crippen molar-refractivity contribution in [1.82, 2.24) is 0 Å². The number of ether oxygens (including phenoxy) is 2. The van der Waals surface area contributed by atoms with E-state index in [2.05, 4.69) is 0 Å². The molecule has 0 amide bonds. The van der Waals surface area contributed by atoms with Crippen LogP contribution in [0.2, 0.25) is 5.02 Å². The second-order valence-electron chi connectivity index (χ2n) is 6.52. The van der Waals surface area contributed by atoms with E-state index >= 15 is 0 Å². The molecule has 25 heavy (non-hydrogen) atoms. The fourth-order valence-corrected chi connectivity index (χ4v) is 3.38. The number of aliphatic hydroxyl groups excluding tert-OH is 1. The third-order valence-corrected chi connectivity index (χ3v) is 4.90. The van der Waals surface area contributed by atoms with Crippen molar-refractivity contribution >= 4 is 17.6 Å². The Hall–Kier alpha value is -1.76. The van der Waals surface area contributed by atoms with Crippen LogP contribution in [0.4, 0.5) is 0 Å². The normalized spacial score (nSPS) is 31.2. The third kappa shape index (κ3) is 4.08. The molecular weight excluding hydrogens is 348 g/mol. The molecule has 0 bridgehead atoms. The summed E-state index contributed by atoms with van der Waals surface area (Å²) in [4.78, 5) is 12.5. The Bertz CT molecular complexity index is 701. The van der Waals surface area contributed by atoms with Gasteiger partial charge >= 0.3 is 5.97 Å². The van der Waals surface area contributed by atoms with E-state index in [0.717, 1.165) is 18.9 Å². The van der Waals surface area contributed by atoms with Crippen LogP contribution >= 0.6 is 11.6 Å². The Morgan fingerprint density at radius 2 is 2.00 bits per heavy atom. The maximum atomic E-state index is 12.5. The summed E-state index contributed by atoms with van der Waals surface area (Å²) >= 11 is 6.11. The molecule has 0 saturated carbocycles. The van der Waals surface area contributed by atoms with Crippen molar-refractivity contribution < 1.29 is 29.6 Å². The number of hydrogen-bond donors (Lipinski definition) is 3. The average molecular weight is 369 g/mol. The number of aliphatic hydroxyl groups is 1. The quantitative estimate of drug-likeness (QED) is 0.370. The number of phenolic OH excluding ortho intramolecular Hbond substituents is 2. The van der Waals surface area contributed by atoms with Crippen LogP contribution in [-0.2, 0) is 15.9 Å². The van der Waals surface area contributed by atoms with Crippen molar-refractivity contribution in [2.75, 3.05) is 0 Å². The van der Waals surface area contributed by atoms with E-state index < -0.39 is 23.9 Å². The minimum Gasteiger partial charge on any atom is -0.507 e. The zero-order valence-corrected chi connectivity index (χ0v) is 14.6. The lowest BCUT2D eigenvalue weighted by atomic mass is 9.98. The lowest BCUT2D eigenvalue weighted by Gasteiger charge is -2.18. The predicted molar refractivity (Wildman–Crippen MR) is 91.0 cm³/mol. The molecule has 1 fully saturated rings. The Balaban J connectivity index is 1.96. The highest BCUT2D eigenvalue weighted by molar-refractivity contribution is 6.33. The molecule has 1 saturated heterocycles. The molecule has 1 aromatic rings. The summed E-state index contributed by atoms with van der Waals surface area (Å²) in [6.45, 7) is 1.76. The highest BCUT2D eigenvalue weighted by Gasteiger charge is 2.39. The lowest BCUT2D eigenvalue weighted by molar-refractivity contribution is 0.0305. The average Bonchev–Trinajstić information content (AvgIpc) is 3.25. The van der Waals surface area contributed by atoms with E-state index in [9.17, 15) is 20.1 Å². The minimum atomic E-state index is -0.915. The molecule has 0 unspecified atom stereocenters. The number of benzene rings is 1. The molecule has 136 valence electrons. The Kier molecular flexibility index (Phi) is 5.22. The number of esters is 1. The predicted octanol–water partition coefficient (Wildman–Crippen LogP) is 2.71. The van der Waals surface area contributed by atoms with Gasteiger partial charge in [-0.05, 0) is 25.3 Å². The zero-order valence-electron chi connectivity index (χ0n) is 13.8. The summed E-state index contributed by atoms with van der Waals surface area (Å²) in [6, 6.07) is 0.998. The first-order valence-corrected chi connectivity index (χ1v) is 8.69. The Morgan fingerprint density at radius 1 is 1.24 bits per heavy atom. The summed E-state index contributed by atoms with van der Waals surface area (Å²) in [5, 5.41) is 30.1. The van der Waals surface area contributed by atoms with E-state index in [1.165, 1.54) is 0 Å². The van der Waals surface area contributed by atoms with Crippen molar-refractivity contribution in [2.24, 2.45) is 0 Å². The van der Waals surface area contributed by atoms with Crippen LogP contribution < -0.4 is 0 Å². The van der Waals surface area contributed by atoms with Gasteiger partial charge < -0.3 is 24.8 Å². The molecule has 3 N–H and O–H groups in total. The maximum absolute atomic E-state index is 12.5.